The molecule has 0 amide bonds. The summed E-state index contributed by atoms with van der Waals surface area (Å²) in [5.74, 6) is 1.72. The number of hydrogen-bond acceptors (Lipinski definition) is 3. The first-order valence-electron chi connectivity index (χ1n) is 6.71. The quantitative estimate of drug-likeness (QED) is 0.759. The highest BCUT2D eigenvalue weighted by atomic mass is 16.5. The van der Waals surface area contributed by atoms with Crippen LogP contribution in [0.3, 0.4) is 0 Å². The molecular weight excluding hydrogens is 248 g/mol. The Hall–Kier alpha value is -2.55. The lowest BCUT2D eigenvalue weighted by molar-refractivity contribution is 0.340. The molecule has 0 aliphatic heterocycles. The van der Waals surface area contributed by atoms with Crippen LogP contribution in [0.2, 0.25) is 0 Å². The van der Waals surface area contributed by atoms with Crippen LogP contribution in [-0.4, -0.2) is 11.6 Å². The lowest BCUT2D eigenvalue weighted by Gasteiger charge is -2.08. The van der Waals surface area contributed by atoms with Gasteiger partial charge in [0.1, 0.15) is 11.6 Å². The van der Waals surface area contributed by atoms with Crippen molar-refractivity contribution >= 4 is 22.4 Å². The fourth-order valence-electron chi connectivity index (χ4n) is 2.08. The molecule has 1 heterocycles. The largest absolute Gasteiger partial charge is 0.494 e. The Morgan fingerprint density at radius 1 is 0.950 bits per heavy atom. The summed E-state index contributed by atoms with van der Waals surface area (Å²) in [6.45, 7) is 2.66. The van der Waals surface area contributed by atoms with Gasteiger partial charge in [-0.3, -0.25) is 0 Å². The Balaban J connectivity index is 1.81. The molecule has 0 unspecified atom stereocenters. The van der Waals surface area contributed by atoms with Crippen LogP contribution in [0.4, 0.5) is 11.5 Å². The molecular formula is C17H16N2O. The summed E-state index contributed by atoms with van der Waals surface area (Å²) in [6.07, 6.45) is 0. The van der Waals surface area contributed by atoms with Crippen LogP contribution in [0, 0.1) is 0 Å². The minimum Gasteiger partial charge on any atom is -0.494 e. The molecule has 0 radical (unpaired) electrons. The molecule has 0 saturated carbocycles. The van der Waals surface area contributed by atoms with Gasteiger partial charge in [0.25, 0.3) is 0 Å². The molecule has 0 aliphatic carbocycles. The van der Waals surface area contributed by atoms with Gasteiger partial charge in [-0.2, -0.15) is 0 Å². The first kappa shape index (κ1) is 12.5. The maximum absolute atomic E-state index is 5.43. The minimum absolute atomic E-state index is 0.680. The topological polar surface area (TPSA) is 34.1 Å². The minimum atomic E-state index is 0.680. The molecule has 2 aromatic carbocycles. The van der Waals surface area contributed by atoms with Crippen LogP contribution in [0.15, 0.2) is 60.7 Å². The normalized spacial score (nSPS) is 10.4. The van der Waals surface area contributed by atoms with Crippen LogP contribution in [0.25, 0.3) is 10.9 Å². The third-order valence-corrected chi connectivity index (χ3v) is 3.04. The molecule has 3 heteroatoms. The van der Waals surface area contributed by atoms with Crippen molar-refractivity contribution in [1.29, 1.82) is 0 Å². The molecule has 3 rings (SSSR count). The number of para-hydroxylation sites is 1. The van der Waals surface area contributed by atoms with Crippen LogP contribution in [-0.2, 0) is 0 Å². The van der Waals surface area contributed by atoms with E-state index in [1.54, 1.807) is 0 Å². The summed E-state index contributed by atoms with van der Waals surface area (Å²) in [7, 11) is 0. The van der Waals surface area contributed by atoms with Gasteiger partial charge in [0.05, 0.1) is 12.1 Å². The van der Waals surface area contributed by atoms with E-state index in [2.05, 4.69) is 22.4 Å². The maximum Gasteiger partial charge on any atom is 0.131 e. The predicted octanol–water partition coefficient (Wildman–Crippen LogP) is 4.38. The van der Waals surface area contributed by atoms with Gasteiger partial charge in [0, 0.05) is 11.1 Å². The van der Waals surface area contributed by atoms with E-state index in [4.69, 9.17) is 4.74 Å². The number of anilines is 2. The second-order valence-corrected chi connectivity index (χ2v) is 4.47. The molecule has 3 nitrogen and oxygen atoms in total. The van der Waals surface area contributed by atoms with Gasteiger partial charge in [-0.05, 0) is 49.4 Å². The zero-order valence-corrected chi connectivity index (χ0v) is 11.3. The number of pyridine rings is 1. The van der Waals surface area contributed by atoms with E-state index in [0.29, 0.717) is 6.61 Å². The van der Waals surface area contributed by atoms with Crippen molar-refractivity contribution in [1.82, 2.24) is 4.98 Å². The Morgan fingerprint density at radius 3 is 2.55 bits per heavy atom. The Morgan fingerprint density at radius 2 is 1.75 bits per heavy atom. The Bertz CT molecular complexity index is 708. The van der Waals surface area contributed by atoms with Crippen molar-refractivity contribution in [3.05, 3.63) is 60.7 Å². The van der Waals surface area contributed by atoms with Crippen molar-refractivity contribution in [3.63, 3.8) is 0 Å². The van der Waals surface area contributed by atoms with Crippen LogP contribution in [0.5, 0.6) is 5.75 Å². The molecule has 3 aromatic rings. The monoisotopic (exact) mass is 264 g/mol. The molecule has 0 spiro atoms. The lowest BCUT2D eigenvalue weighted by atomic mass is 10.2. The molecule has 0 aliphatic rings. The van der Waals surface area contributed by atoms with Crippen molar-refractivity contribution in [2.75, 3.05) is 11.9 Å². The summed E-state index contributed by atoms with van der Waals surface area (Å²) in [5, 5.41) is 4.44. The molecule has 0 fully saturated rings. The molecule has 100 valence electrons. The number of ether oxygens (including phenoxy) is 1. The zero-order chi connectivity index (χ0) is 13.8. The van der Waals surface area contributed by atoms with Gasteiger partial charge in [-0.15, -0.1) is 0 Å². The fourth-order valence-corrected chi connectivity index (χ4v) is 2.08. The van der Waals surface area contributed by atoms with Gasteiger partial charge < -0.3 is 10.1 Å². The number of nitrogens with one attached hydrogen (secondary N) is 1. The number of hydrogen-bond donors (Lipinski definition) is 1. The van der Waals surface area contributed by atoms with Crippen LogP contribution in [0.1, 0.15) is 6.92 Å². The van der Waals surface area contributed by atoms with Crippen molar-refractivity contribution < 1.29 is 4.74 Å². The van der Waals surface area contributed by atoms with Crippen LogP contribution >= 0.6 is 0 Å². The van der Waals surface area contributed by atoms with Gasteiger partial charge >= 0.3 is 0 Å². The van der Waals surface area contributed by atoms with Crippen molar-refractivity contribution in [2.24, 2.45) is 0 Å². The summed E-state index contributed by atoms with van der Waals surface area (Å²) in [6, 6.07) is 20.0. The number of benzene rings is 2. The summed E-state index contributed by atoms with van der Waals surface area (Å²) in [4.78, 5) is 4.59. The number of fused-ring (bicyclic) bond motifs is 1. The molecule has 0 saturated heterocycles. The molecule has 1 aromatic heterocycles. The summed E-state index contributed by atoms with van der Waals surface area (Å²) >= 11 is 0. The average molecular weight is 264 g/mol. The molecule has 0 atom stereocenters. The molecule has 1 N–H and O–H groups in total. The Kier molecular flexibility index (Phi) is 3.50. The fraction of sp³-hybridized carbons (Fsp3) is 0.118. The number of rotatable bonds is 4. The van der Waals surface area contributed by atoms with Gasteiger partial charge in [0.2, 0.25) is 0 Å². The van der Waals surface area contributed by atoms with E-state index >= 15 is 0 Å². The van der Waals surface area contributed by atoms with Crippen molar-refractivity contribution in [3.8, 4) is 5.75 Å². The smallest absolute Gasteiger partial charge is 0.131 e. The Labute approximate surface area is 118 Å². The summed E-state index contributed by atoms with van der Waals surface area (Å²) < 4.78 is 5.43. The third kappa shape index (κ3) is 2.72. The number of nitrogens with zero attached hydrogens (tertiary/aromatic N) is 1. The first-order chi connectivity index (χ1) is 9.85. The highest BCUT2D eigenvalue weighted by Crippen LogP contribution is 2.21. The average Bonchev–Trinajstić information content (AvgIpc) is 2.49. The molecule has 20 heavy (non-hydrogen) atoms. The standard InChI is InChI=1S/C17H16N2O/c1-2-20-15-10-8-14(9-11-15)18-17-12-7-13-5-3-4-6-16(13)19-17/h3-12H,2H2,1H3,(H,18,19). The van der Waals surface area contributed by atoms with Gasteiger partial charge in [-0.25, -0.2) is 4.98 Å². The molecule has 0 bridgehead atoms. The van der Waals surface area contributed by atoms with E-state index in [1.165, 1.54) is 0 Å². The first-order valence-corrected chi connectivity index (χ1v) is 6.71. The second kappa shape index (κ2) is 5.61. The van der Waals surface area contributed by atoms with E-state index in [0.717, 1.165) is 28.2 Å². The van der Waals surface area contributed by atoms with E-state index in [9.17, 15) is 0 Å². The van der Waals surface area contributed by atoms with Crippen LogP contribution < -0.4 is 10.1 Å². The predicted molar refractivity (Wildman–Crippen MR) is 82.6 cm³/mol. The zero-order valence-electron chi connectivity index (χ0n) is 11.3. The second-order valence-electron chi connectivity index (χ2n) is 4.47. The summed E-state index contributed by atoms with van der Waals surface area (Å²) in [5.41, 5.74) is 1.99. The van der Waals surface area contributed by atoms with Crippen molar-refractivity contribution in [2.45, 2.75) is 6.92 Å². The van der Waals surface area contributed by atoms with E-state index in [-0.39, 0.29) is 0 Å². The van der Waals surface area contributed by atoms with E-state index in [1.807, 2.05) is 55.5 Å². The maximum atomic E-state index is 5.43. The third-order valence-electron chi connectivity index (χ3n) is 3.04. The van der Waals surface area contributed by atoms with Gasteiger partial charge in [-0.1, -0.05) is 18.2 Å². The SMILES string of the molecule is CCOc1ccc(Nc2ccc3ccccc3n2)cc1. The van der Waals surface area contributed by atoms with Gasteiger partial charge in [0.15, 0.2) is 0 Å². The van der Waals surface area contributed by atoms with E-state index < -0.39 is 0 Å². The highest BCUT2D eigenvalue weighted by Gasteiger charge is 1.99. The number of aromatic nitrogens is 1. The highest BCUT2D eigenvalue weighted by molar-refractivity contribution is 5.80. The lowest BCUT2D eigenvalue weighted by Crippen LogP contribution is -1.95.